The number of hydrogen-bond acceptors (Lipinski definition) is 5. The molecule has 6 nitrogen and oxygen atoms in total. The molecule has 0 saturated carbocycles. The van der Waals surface area contributed by atoms with Crippen LogP contribution in [-0.4, -0.2) is 33.8 Å². The maximum Gasteiger partial charge on any atom is 0.229 e. The fourth-order valence-electron chi connectivity index (χ4n) is 3.96. The van der Waals surface area contributed by atoms with Crippen molar-refractivity contribution < 1.29 is 4.79 Å². The summed E-state index contributed by atoms with van der Waals surface area (Å²) in [6.07, 6.45) is 1.87. The Morgan fingerprint density at radius 3 is 2.40 bits per heavy atom. The van der Waals surface area contributed by atoms with E-state index in [4.69, 9.17) is 0 Å². The Morgan fingerprint density at radius 2 is 1.73 bits per heavy atom. The third kappa shape index (κ3) is 4.26. The molecule has 1 amide bonds. The lowest BCUT2D eigenvalue weighted by molar-refractivity contribution is -0.120. The monoisotopic (exact) mass is 423 g/mol. The molecule has 7 heteroatoms. The minimum Gasteiger partial charge on any atom is -0.346 e. The number of carbonyl (C=O) groups is 1. The fourth-order valence-corrected chi connectivity index (χ4v) is 4.96. The molecule has 1 atom stereocenters. The Kier molecular flexibility index (Phi) is 5.90. The summed E-state index contributed by atoms with van der Waals surface area (Å²) >= 11 is 1.58. The maximum absolute atomic E-state index is 12.9. The number of hydrogen-bond donors (Lipinski definition) is 1. The number of benzene rings is 1. The summed E-state index contributed by atoms with van der Waals surface area (Å²) < 4.78 is 2.12. The topological polar surface area (TPSA) is 63.1 Å². The average Bonchev–Trinajstić information content (AvgIpc) is 3.34. The highest BCUT2D eigenvalue weighted by Gasteiger charge is 2.28. The van der Waals surface area contributed by atoms with Crippen molar-refractivity contribution in [3.8, 4) is 5.13 Å². The normalized spacial score (nSPS) is 16.8. The van der Waals surface area contributed by atoms with Gasteiger partial charge in [-0.05, 0) is 62.4 Å². The van der Waals surface area contributed by atoms with Crippen LogP contribution in [0, 0.1) is 19.8 Å². The molecule has 0 spiro atoms. The number of carbonyl (C=O) groups excluding carboxylic acids is 1. The lowest BCUT2D eigenvalue weighted by atomic mass is 9.97. The number of aromatic nitrogens is 3. The zero-order valence-electron chi connectivity index (χ0n) is 18.1. The van der Waals surface area contributed by atoms with E-state index in [2.05, 4.69) is 76.9 Å². The Labute approximate surface area is 181 Å². The van der Waals surface area contributed by atoms with Crippen molar-refractivity contribution in [2.75, 3.05) is 23.3 Å². The van der Waals surface area contributed by atoms with E-state index in [1.807, 2.05) is 12.1 Å². The summed E-state index contributed by atoms with van der Waals surface area (Å²) in [5.74, 6) is 0.516. The zero-order chi connectivity index (χ0) is 21.3. The van der Waals surface area contributed by atoms with Crippen molar-refractivity contribution in [3.05, 3.63) is 53.3 Å². The molecule has 1 saturated heterocycles. The van der Waals surface area contributed by atoms with Crippen LogP contribution in [0.5, 0.6) is 0 Å². The molecule has 1 N–H and O–H groups in total. The molecule has 158 valence electrons. The van der Waals surface area contributed by atoms with Crippen molar-refractivity contribution in [2.45, 2.75) is 46.5 Å². The number of nitrogens with zero attached hydrogens (tertiary/aromatic N) is 4. The molecule has 0 unspecified atom stereocenters. The highest BCUT2D eigenvalue weighted by atomic mass is 32.1. The van der Waals surface area contributed by atoms with Gasteiger partial charge in [0.2, 0.25) is 16.2 Å². The third-order valence-electron chi connectivity index (χ3n) is 5.77. The predicted molar refractivity (Wildman–Crippen MR) is 123 cm³/mol. The first-order valence-corrected chi connectivity index (χ1v) is 11.4. The van der Waals surface area contributed by atoms with E-state index in [0.29, 0.717) is 12.5 Å². The first kappa shape index (κ1) is 20.6. The summed E-state index contributed by atoms with van der Waals surface area (Å²) in [5, 5.41) is 13.7. The molecular formula is C23H29N5OS. The van der Waals surface area contributed by atoms with E-state index in [0.717, 1.165) is 46.7 Å². The maximum atomic E-state index is 12.9. The highest BCUT2D eigenvalue weighted by molar-refractivity contribution is 7.17. The molecule has 1 fully saturated rings. The number of anilines is 2. The SMILES string of the molecule is Cc1ccc(C)n1-c1nnc(N2CCC[C@H](C(=O)Nc3ccc(C(C)C)cc3)C2)s1. The van der Waals surface area contributed by atoms with E-state index in [-0.39, 0.29) is 11.8 Å². The molecule has 3 aromatic rings. The molecule has 4 rings (SSSR count). The van der Waals surface area contributed by atoms with Gasteiger partial charge in [-0.3, -0.25) is 9.36 Å². The standard InChI is InChI=1S/C23H29N5OS/c1-15(2)18-9-11-20(12-10-18)24-21(29)19-6-5-13-27(14-19)22-25-26-23(30-22)28-16(3)7-8-17(28)4/h7-12,15,19H,5-6,13-14H2,1-4H3,(H,24,29)/t19-/m0/s1. The van der Waals surface area contributed by atoms with Crippen LogP contribution in [0.4, 0.5) is 10.8 Å². The van der Waals surface area contributed by atoms with Gasteiger partial charge in [-0.25, -0.2) is 0 Å². The molecule has 1 aliphatic heterocycles. The average molecular weight is 424 g/mol. The van der Waals surface area contributed by atoms with Crippen LogP contribution in [-0.2, 0) is 4.79 Å². The summed E-state index contributed by atoms with van der Waals surface area (Å²) in [6.45, 7) is 10.1. The van der Waals surface area contributed by atoms with Gasteiger partial charge in [0.25, 0.3) is 0 Å². The molecule has 0 radical (unpaired) electrons. The first-order valence-electron chi connectivity index (χ1n) is 10.6. The summed E-state index contributed by atoms with van der Waals surface area (Å²) in [4.78, 5) is 15.1. The van der Waals surface area contributed by atoms with Gasteiger partial charge in [-0.15, -0.1) is 10.2 Å². The van der Waals surface area contributed by atoms with Crippen LogP contribution in [0.25, 0.3) is 5.13 Å². The van der Waals surface area contributed by atoms with Crippen molar-refractivity contribution in [1.82, 2.24) is 14.8 Å². The van der Waals surface area contributed by atoms with E-state index in [1.165, 1.54) is 5.56 Å². The molecule has 30 heavy (non-hydrogen) atoms. The molecule has 1 aromatic carbocycles. The number of rotatable bonds is 5. The Hall–Kier alpha value is -2.67. The second kappa shape index (κ2) is 8.60. The van der Waals surface area contributed by atoms with E-state index >= 15 is 0 Å². The van der Waals surface area contributed by atoms with Gasteiger partial charge in [0.15, 0.2) is 0 Å². The zero-order valence-corrected chi connectivity index (χ0v) is 18.9. The molecule has 0 aliphatic carbocycles. The van der Waals surface area contributed by atoms with Crippen LogP contribution in [0.15, 0.2) is 36.4 Å². The minimum atomic E-state index is -0.0501. The summed E-state index contributed by atoms with van der Waals surface area (Å²) in [5.41, 5.74) is 4.43. The fraction of sp³-hybridized carbons (Fsp3) is 0.435. The molecule has 2 aromatic heterocycles. The van der Waals surface area contributed by atoms with E-state index in [9.17, 15) is 4.79 Å². The van der Waals surface area contributed by atoms with Gasteiger partial charge in [-0.1, -0.05) is 37.3 Å². The number of aryl methyl sites for hydroxylation is 2. The smallest absolute Gasteiger partial charge is 0.229 e. The van der Waals surface area contributed by atoms with Crippen LogP contribution in [0.1, 0.15) is 49.6 Å². The number of piperidine rings is 1. The van der Waals surface area contributed by atoms with E-state index < -0.39 is 0 Å². The quantitative estimate of drug-likeness (QED) is 0.632. The highest BCUT2D eigenvalue weighted by Crippen LogP contribution is 2.30. The molecule has 3 heterocycles. The van der Waals surface area contributed by atoms with Gasteiger partial charge >= 0.3 is 0 Å². The largest absolute Gasteiger partial charge is 0.346 e. The Morgan fingerprint density at radius 1 is 1.07 bits per heavy atom. The molecule has 1 aliphatic rings. The first-order chi connectivity index (χ1) is 14.4. The van der Waals surface area contributed by atoms with Gasteiger partial charge in [0.1, 0.15) is 0 Å². The second-order valence-corrected chi connectivity index (χ2v) is 9.30. The van der Waals surface area contributed by atoms with Gasteiger partial charge < -0.3 is 10.2 Å². The Balaban J connectivity index is 1.42. The van der Waals surface area contributed by atoms with Gasteiger partial charge in [0, 0.05) is 30.2 Å². The minimum absolute atomic E-state index is 0.0501. The van der Waals surface area contributed by atoms with Crippen LogP contribution in [0.3, 0.4) is 0 Å². The van der Waals surface area contributed by atoms with Crippen molar-refractivity contribution >= 4 is 28.1 Å². The summed E-state index contributed by atoms with van der Waals surface area (Å²) in [6, 6.07) is 12.3. The van der Waals surface area contributed by atoms with Crippen LogP contribution >= 0.6 is 11.3 Å². The lowest BCUT2D eigenvalue weighted by Gasteiger charge is -2.31. The predicted octanol–water partition coefficient (Wildman–Crippen LogP) is 4.92. The second-order valence-electron chi connectivity index (χ2n) is 8.37. The summed E-state index contributed by atoms with van der Waals surface area (Å²) in [7, 11) is 0. The van der Waals surface area contributed by atoms with E-state index in [1.54, 1.807) is 11.3 Å². The van der Waals surface area contributed by atoms with Crippen LogP contribution in [0.2, 0.25) is 0 Å². The van der Waals surface area contributed by atoms with Gasteiger partial charge in [-0.2, -0.15) is 0 Å². The molecule has 0 bridgehead atoms. The van der Waals surface area contributed by atoms with Crippen LogP contribution < -0.4 is 10.2 Å². The van der Waals surface area contributed by atoms with Crippen molar-refractivity contribution in [2.24, 2.45) is 5.92 Å². The Bertz CT molecular complexity index is 1000. The van der Waals surface area contributed by atoms with Crippen molar-refractivity contribution in [1.29, 1.82) is 0 Å². The van der Waals surface area contributed by atoms with Crippen molar-refractivity contribution in [3.63, 3.8) is 0 Å². The number of nitrogens with one attached hydrogen (secondary N) is 1. The lowest BCUT2D eigenvalue weighted by Crippen LogP contribution is -2.40. The third-order valence-corrected chi connectivity index (χ3v) is 6.74. The number of amides is 1. The van der Waals surface area contributed by atoms with Gasteiger partial charge in [0.05, 0.1) is 5.92 Å². The molecular weight excluding hydrogens is 394 g/mol.